The summed E-state index contributed by atoms with van der Waals surface area (Å²) in [4.78, 5) is 13.2. The van der Waals surface area contributed by atoms with Crippen LogP contribution in [-0.2, 0) is 0 Å². The molecular weight excluding hydrogens is 294 g/mol. The summed E-state index contributed by atoms with van der Waals surface area (Å²) in [6, 6.07) is 24.3. The summed E-state index contributed by atoms with van der Waals surface area (Å²) in [6.45, 7) is 0. The van der Waals surface area contributed by atoms with E-state index in [1.807, 2.05) is 54.7 Å². The van der Waals surface area contributed by atoms with Crippen LogP contribution in [0.4, 0.5) is 0 Å². The van der Waals surface area contributed by atoms with Crippen molar-refractivity contribution in [1.29, 1.82) is 0 Å². The fourth-order valence-corrected chi connectivity index (χ4v) is 2.65. The summed E-state index contributed by atoms with van der Waals surface area (Å²) in [5, 5.41) is 0. The van der Waals surface area contributed by atoms with Crippen LogP contribution < -0.4 is 0 Å². The SMILES string of the molecule is c1ccc(-c2nccc(-c3cccc(-c4ccncc4)c3)n2)cc1. The van der Waals surface area contributed by atoms with Gasteiger partial charge in [0, 0.05) is 29.7 Å². The molecule has 0 unspecified atom stereocenters. The van der Waals surface area contributed by atoms with E-state index in [0.717, 1.165) is 33.8 Å². The molecule has 0 spiro atoms. The lowest BCUT2D eigenvalue weighted by Gasteiger charge is -2.07. The highest BCUT2D eigenvalue weighted by Crippen LogP contribution is 2.26. The molecule has 0 saturated heterocycles. The monoisotopic (exact) mass is 309 g/mol. The molecule has 0 saturated carbocycles. The van der Waals surface area contributed by atoms with Gasteiger partial charge >= 0.3 is 0 Å². The normalized spacial score (nSPS) is 10.5. The van der Waals surface area contributed by atoms with Crippen LogP contribution in [0.25, 0.3) is 33.8 Å². The molecule has 24 heavy (non-hydrogen) atoms. The van der Waals surface area contributed by atoms with Crippen molar-refractivity contribution < 1.29 is 0 Å². The molecule has 0 aliphatic heterocycles. The lowest BCUT2D eigenvalue weighted by atomic mass is 10.0. The van der Waals surface area contributed by atoms with Gasteiger partial charge in [0.15, 0.2) is 5.82 Å². The zero-order valence-corrected chi connectivity index (χ0v) is 13.0. The summed E-state index contributed by atoms with van der Waals surface area (Å²) >= 11 is 0. The minimum Gasteiger partial charge on any atom is -0.265 e. The molecule has 0 atom stereocenters. The van der Waals surface area contributed by atoms with E-state index in [4.69, 9.17) is 4.98 Å². The number of aromatic nitrogens is 3. The Bertz CT molecular complexity index is 870. The van der Waals surface area contributed by atoms with Crippen molar-refractivity contribution in [3.05, 3.63) is 91.4 Å². The molecule has 0 aliphatic rings. The first-order chi connectivity index (χ1) is 11.9. The smallest absolute Gasteiger partial charge is 0.159 e. The van der Waals surface area contributed by atoms with E-state index >= 15 is 0 Å². The van der Waals surface area contributed by atoms with Gasteiger partial charge in [-0.05, 0) is 35.4 Å². The van der Waals surface area contributed by atoms with E-state index in [1.165, 1.54) is 0 Å². The van der Waals surface area contributed by atoms with Gasteiger partial charge in [0.2, 0.25) is 0 Å². The van der Waals surface area contributed by atoms with Crippen LogP contribution in [0.1, 0.15) is 0 Å². The minimum absolute atomic E-state index is 0.738. The Morgan fingerprint density at radius 2 is 1.29 bits per heavy atom. The highest BCUT2D eigenvalue weighted by Gasteiger charge is 2.06. The van der Waals surface area contributed by atoms with Crippen LogP contribution >= 0.6 is 0 Å². The zero-order valence-electron chi connectivity index (χ0n) is 13.0. The predicted octanol–water partition coefficient (Wildman–Crippen LogP) is 4.87. The lowest BCUT2D eigenvalue weighted by molar-refractivity contribution is 1.18. The van der Waals surface area contributed by atoms with Gasteiger partial charge in [-0.15, -0.1) is 0 Å². The van der Waals surface area contributed by atoms with Gasteiger partial charge in [-0.2, -0.15) is 0 Å². The number of hydrogen-bond donors (Lipinski definition) is 0. The van der Waals surface area contributed by atoms with E-state index in [1.54, 1.807) is 12.4 Å². The topological polar surface area (TPSA) is 38.7 Å². The Labute approximate surface area is 140 Å². The van der Waals surface area contributed by atoms with Crippen LogP contribution in [-0.4, -0.2) is 15.0 Å². The van der Waals surface area contributed by atoms with Crippen molar-refractivity contribution in [2.24, 2.45) is 0 Å². The fourth-order valence-electron chi connectivity index (χ4n) is 2.65. The van der Waals surface area contributed by atoms with Crippen molar-refractivity contribution in [2.45, 2.75) is 0 Å². The van der Waals surface area contributed by atoms with Crippen LogP contribution in [0.2, 0.25) is 0 Å². The largest absolute Gasteiger partial charge is 0.265 e. The summed E-state index contributed by atoms with van der Waals surface area (Å²) in [5.41, 5.74) is 5.30. The first-order valence-corrected chi connectivity index (χ1v) is 7.79. The summed E-state index contributed by atoms with van der Waals surface area (Å²) < 4.78 is 0. The molecule has 2 heterocycles. The van der Waals surface area contributed by atoms with Crippen molar-refractivity contribution in [2.75, 3.05) is 0 Å². The Morgan fingerprint density at radius 3 is 2.12 bits per heavy atom. The highest BCUT2D eigenvalue weighted by atomic mass is 14.9. The van der Waals surface area contributed by atoms with Gasteiger partial charge in [0.05, 0.1) is 5.69 Å². The zero-order chi connectivity index (χ0) is 16.2. The number of hydrogen-bond acceptors (Lipinski definition) is 3. The molecular formula is C21H15N3. The van der Waals surface area contributed by atoms with Crippen LogP contribution in [0.15, 0.2) is 91.4 Å². The Balaban J connectivity index is 1.75. The summed E-state index contributed by atoms with van der Waals surface area (Å²) in [5.74, 6) is 0.738. The number of rotatable bonds is 3. The summed E-state index contributed by atoms with van der Waals surface area (Å²) in [6.07, 6.45) is 5.42. The average Bonchev–Trinajstić information content (AvgIpc) is 2.70. The second-order valence-electron chi connectivity index (χ2n) is 5.45. The van der Waals surface area contributed by atoms with Gasteiger partial charge < -0.3 is 0 Å². The van der Waals surface area contributed by atoms with Gasteiger partial charge in [0.1, 0.15) is 0 Å². The molecule has 3 heteroatoms. The lowest BCUT2D eigenvalue weighted by Crippen LogP contribution is -1.91. The third-order valence-electron chi connectivity index (χ3n) is 3.86. The van der Waals surface area contributed by atoms with E-state index in [-0.39, 0.29) is 0 Å². The van der Waals surface area contributed by atoms with Gasteiger partial charge in [-0.3, -0.25) is 4.98 Å². The number of nitrogens with zero attached hydrogens (tertiary/aromatic N) is 3. The Morgan fingerprint density at radius 1 is 0.542 bits per heavy atom. The molecule has 3 nitrogen and oxygen atoms in total. The highest BCUT2D eigenvalue weighted by molar-refractivity contribution is 5.72. The maximum absolute atomic E-state index is 4.72. The molecule has 2 aromatic carbocycles. The molecule has 0 bridgehead atoms. The van der Waals surface area contributed by atoms with Crippen LogP contribution in [0.5, 0.6) is 0 Å². The van der Waals surface area contributed by atoms with E-state index in [2.05, 4.69) is 34.2 Å². The Kier molecular flexibility index (Phi) is 3.82. The minimum atomic E-state index is 0.738. The maximum atomic E-state index is 4.72. The molecule has 4 rings (SSSR count). The molecule has 0 aliphatic carbocycles. The third-order valence-corrected chi connectivity index (χ3v) is 3.86. The van der Waals surface area contributed by atoms with E-state index < -0.39 is 0 Å². The molecule has 4 aromatic rings. The average molecular weight is 309 g/mol. The fraction of sp³-hybridized carbons (Fsp3) is 0. The van der Waals surface area contributed by atoms with Crippen molar-refractivity contribution >= 4 is 0 Å². The summed E-state index contributed by atoms with van der Waals surface area (Å²) in [7, 11) is 0. The predicted molar refractivity (Wildman–Crippen MR) is 96.1 cm³/mol. The molecule has 114 valence electrons. The first kappa shape index (κ1) is 14.3. The van der Waals surface area contributed by atoms with Crippen LogP contribution in [0.3, 0.4) is 0 Å². The van der Waals surface area contributed by atoms with Crippen molar-refractivity contribution in [1.82, 2.24) is 15.0 Å². The van der Waals surface area contributed by atoms with Crippen LogP contribution in [0, 0.1) is 0 Å². The van der Waals surface area contributed by atoms with E-state index in [0.29, 0.717) is 0 Å². The van der Waals surface area contributed by atoms with Gasteiger partial charge in [-0.1, -0.05) is 48.5 Å². The Hall–Kier alpha value is -3.33. The number of pyridine rings is 1. The van der Waals surface area contributed by atoms with Gasteiger partial charge in [0.25, 0.3) is 0 Å². The molecule has 2 aromatic heterocycles. The molecule has 0 fully saturated rings. The van der Waals surface area contributed by atoms with Crippen molar-refractivity contribution in [3.63, 3.8) is 0 Å². The van der Waals surface area contributed by atoms with E-state index in [9.17, 15) is 0 Å². The quantitative estimate of drug-likeness (QED) is 0.542. The maximum Gasteiger partial charge on any atom is 0.159 e. The number of benzene rings is 2. The molecule has 0 N–H and O–H groups in total. The second-order valence-corrected chi connectivity index (χ2v) is 5.45. The molecule has 0 radical (unpaired) electrons. The third kappa shape index (κ3) is 2.92. The van der Waals surface area contributed by atoms with Crippen molar-refractivity contribution in [3.8, 4) is 33.8 Å². The standard InChI is InChI=1S/C21H15N3/c1-2-5-17(6-3-1)21-23-14-11-20(24-21)19-8-4-7-18(15-19)16-9-12-22-13-10-16/h1-15H. The second kappa shape index (κ2) is 6.42. The van der Waals surface area contributed by atoms with Gasteiger partial charge in [-0.25, -0.2) is 9.97 Å². The molecule has 0 amide bonds. The first-order valence-electron chi connectivity index (χ1n) is 7.79.